The molecule has 2 heterocycles. The molecule has 0 radical (unpaired) electrons. The molecule has 40 heavy (non-hydrogen) atoms. The van der Waals surface area contributed by atoms with Crippen molar-refractivity contribution in [2.75, 3.05) is 81.9 Å². The van der Waals surface area contributed by atoms with Crippen molar-refractivity contribution in [3.63, 3.8) is 0 Å². The van der Waals surface area contributed by atoms with E-state index in [1.807, 2.05) is 13.0 Å². The van der Waals surface area contributed by atoms with E-state index in [0.29, 0.717) is 19.8 Å². The zero-order chi connectivity index (χ0) is 29.2. The quantitative estimate of drug-likeness (QED) is 0.245. The first-order chi connectivity index (χ1) is 19.3. The van der Waals surface area contributed by atoms with Gasteiger partial charge < -0.3 is 24.6 Å². The molecule has 0 spiro atoms. The molecule has 2 aromatic rings. The summed E-state index contributed by atoms with van der Waals surface area (Å²) in [5.74, 6) is -0.564. The van der Waals surface area contributed by atoms with Crippen LogP contribution in [-0.4, -0.2) is 93.8 Å². The predicted molar refractivity (Wildman–Crippen MR) is 171 cm³/mol. The lowest BCUT2D eigenvalue weighted by Crippen LogP contribution is -2.48. The van der Waals surface area contributed by atoms with E-state index >= 15 is 0 Å². The fraction of sp³-hybridized carbons (Fsp3) is 0.467. The van der Waals surface area contributed by atoms with Gasteiger partial charge in [0.1, 0.15) is 4.83 Å². The van der Waals surface area contributed by atoms with Crippen molar-refractivity contribution in [3.8, 4) is 0 Å². The van der Waals surface area contributed by atoms with E-state index in [2.05, 4.69) is 118 Å². The topological polar surface area (TPSA) is 74.4 Å². The molecule has 2 fully saturated rings. The van der Waals surface area contributed by atoms with Crippen LogP contribution in [0, 0.1) is 0 Å². The van der Waals surface area contributed by atoms with E-state index in [0.717, 1.165) is 52.4 Å². The van der Waals surface area contributed by atoms with Gasteiger partial charge >= 0.3 is 11.9 Å². The molecule has 0 saturated carbocycles. The van der Waals surface area contributed by atoms with Crippen LogP contribution in [-0.2, 0) is 19.1 Å². The van der Waals surface area contributed by atoms with E-state index in [-0.39, 0.29) is 15.3 Å². The van der Waals surface area contributed by atoms with Crippen molar-refractivity contribution in [2.24, 2.45) is 0 Å². The highest BCUT2D eigenvalue weighted by Crippen LogP contribution is 2.17. The second-order valence-electron chi connectivity index (χ2n) is 9.04. The first-order valence-electron chi connectivity index (χ1n) is 13.7. The van der Waals surface area contributed by atoms with Crippen molar-refractivity contribution in [2.45, 2.75) is 18.7 Å². The maximum Gasteiger partial charge on any atom is 0.344 e. The normalized spacial score (nSPS) is 15.9. The molecule has 0 amide bonds. The molecule has 1 N–H and O–H groups in total. The number of piperazine rings is 2. The number of para-hydroxylation sites is 2. The Morgan fingerprint density at radius 3 is 1.73 bits per heavy atom. The molecule has 220 valence electrons. The molecule has 2 aliphatic heterocycles. The summed E-state index contributed by atoms with van der Waals surface area (Å²) in [7, 11) is 0. The van der Waals surface area contributed by atoms with Gasteiger partial charge in [-0.3, -0.25) is 9.69 Å². The van der Waals surface area contributed by atoms with Crippen LogP contribution in [0.15, 0.2) is 71.7 Å². The third-order valence-corrected chi connectivity index (χ3v) is 7.18. The smallest absolute Gasteiger partial charge is 0.344 e. The van der Waals surface area contributed by atoms with Gasteiger partial charge in [0.15, 0.2) is 0 Å². The Kier molecular flexibility index (Phi) is 16.6. The molecule has 10 heteroatoms. The Hall–Kier alpha value is -2.40. The molecule has 1 atom stereocenters. The number of ether oxygens (including phenoxy) is 2. The van der Waals surface area contributed by atoms with Crippen LogP contribution in [0.5, 0.6) is 0 Å². The predicted octanol–water partition coefficient (Wildman–Crippen LogP) is 4.69. The van der Waals surface area contributed by atoms with Gasteiger partial charge in [-0.15, -0.1) is 0 Å². The van der Waals surface area contributed by atoms with Gasteiger partial charge in [-0.25, -0.2) is 4.79 Å². The van der Waals surface area contributed by atoms with E-state index in [9.17, 15) is 9.59 Å². The Balaban J connectivity index is 0.000000237. The first kappa shape index (κ1) is 33.8. The number of alkyl halides is 1. The fourth-order valence-corrected chi connectivity index (χ4v) is 4.79. The van der Waals surface area contributed by atoms with Crippen molar-refractivity contribution in [1.29, 1.82) is 0 Å². The number of nitrogens with zero attached hydrogens (tertiary/aromatic N) is 3. The zero-order valence-electron chi connectivity index (χ0n) is 23.6. The number of esters is 2. The average molecular weight is 682 g/mol. The van der Waals surface area contributed by atoms with Crippen molar-refractivity contribution < 1.29 is 19.1 Å². The van der Waals surface area contributed by atoms with Crippen LogP contribution in [0.1, 0.15) is 13.8 Å². The summed E-state index contributed by atoms with van der Waals surface area (Å²) in [6.45, 7) is 16.8. The summed E-state index contributed by atoms with van der Waals surface area (Å²) in [4.78, 5) is 28.8. The minimum absolute atomic E-state index is 0.169. The number of hydrogen-bond donors (Lipinski definition) is 1. The summed E-state index contributed by atoms with van der Waals surface area (Å²) < 4.78 is 9.79. The SMILES string of the molecule is C=C(Br)C(=O)OCC.CCOC(=O)C(Br)CN1CCN(c2ccccc2)CC1.c1ccc(N2CCNCC2)cc1. The molecule has 2 saturated heterocycles. The number of halogens is 2. The summed E-state index contributed by atoms with van der Waals surface area (Å²) in [6, 6.07) is 21.0. The monoisotopic (exact) mass is 680 g/mol. The van der Waals surface area contributed by atoms with Gasteiger partial charge in [0, 0.05) is 70.3 Å². The van der Waals surface area contributed by atoms with E-state index in [4.69, 9.17) is 4.74 Å². The third-order valence-electron chi connectivity index (χ3n) is 6.19. The first-order valence-corrected chi connectivity index (χ1v) is 15.4. The summed E-state index contributed by atoms with van der Waals surface area (Å²) in [5, 5.41) is 3.34. The van der Waals surface area contributed by atoms with E-state index in [1.54, 1.807) is 6.92 Å². The zero-order valence-corrected chi connectivity index (χ0v) is 26.7. The minimum Gasteiger partial charge on any atom is -0.465 e. The molecule has 2 aromatic carbocycles. The second-order valence-corrected chi connectivity index (χ2v) is 11.1. The number of hydrogen-bond acceptors (Lipinski definition) is 8. The lowest BCUT2D eigenvalue weighted by Gasteiger charge is -2.36. The van der Waals surface area contributed by atoms with Crippen LogP contribution < -0.4 is 15.1 Å². The highest BCUT2D eigenvalue weighted by molar-refractivity contribution is 9.12. The van der Waals surface area contributed by atoms with Crippen molar-refractivity contribution in [1.82, 2.24) is 10.2 Å². The van der Waals surface area contributed by atoms with E-state index in [1.165, 1.54) is 11.4 Å². The number of anilines is 2. The van der Waals surface area contributed by atoms with Crippen LogP contribution in [0.25, 0.3) is 0 Å². The Bertz CT molecular complexity index is 999. The standard InChI is InChI=1S/C15H21BrN2O2.C10H14N2.C5H7BrO2/c1-2-20-15(19)14(16)12-17-8-10-18(11-9-17)13-6-4-3-5-7-13;1-2-4-10(5-3-1)12-8-6-11-7-9-12;1-3-8-5(7)4(2)6/h3-7,14H,2,8-12H2,1H3;1-5,11H,6-9H2;2-3H2,1H3. The number of benzene rings is 2. The summed E-state index contributed by atoms with van der Waals surface area (Å²) in [6.07, 6.45) is 0. The van der Waals surface area contributed by atoms with Gasteiger partial charge in [0.25, 0.3) is 0 Å². The summed E-state index contributed by atoms with van der Waals surface area (Å²) >= 11 is 6.28. The molecule has 0 bridgehead atoms. The molecule has 0 aliphatic carbocycles. The van der Waals surface area contributed by atoms with Crippen LogP contribution >= 0.6 is 31.9 Å². The minimum atomic E-state index is -0.396. The van der Waals surface area contributed by atoms with Gasteiger partial charge in [0.2, 0.25) is 0 Å². The highest BCUT2D eigenvalue weighted by Gasteiger charge is 2.23. The van der Waals surface area contributed by atoms with Gasteiger partial charge in [-0.2, -0.15) is 0 Å². The largest absolute Gasteiger partial charge is 0.465 e. The van der Waals surface area contributed by atoms with Crippen molar-refractivity contribution >= 4 is 55.2 Å². The molecule has 8 nitrogen and oxygen atoms in total. The molecule has 0 aromatic heterocycles. The summed E-state index contributed by atoms with van der Waals surface area (Å²) in [5.41, 5.74) is 2.62. The van der Waals surface area contributed by atoms with Crippen molar-refractivity contribution in [3.05, 3.63) is 71.7 Å². The Morgan fingerprint density at radius 1 is 0.825 bits per heavy atom. The van der Waals surface area contributed by atoms with Gasteiger partial charge in [-0.1, -0.05) is 58.9 Å². The fourth-order valence-electron chi connectivity index (χ4n) is 4.13. The number of carbonyl (C=O) groups excluding carboxylic acids is 2. The lowest BCUT2D eigenvalue weighted by molar-refractivity contribution is -0.142. The number of nitrogens with one attached hydrogen (secondary N) is 1. The van der Waals surface area contributed by atoms with Crippen LogP contribution in [0.4, 0.5) is 11.4 Å². The molecular formula is C30H42Br2N4O4. The maximum absolute atomic E-state index is 11.6. The number of rotatable bonds is 8. The Morgan fingerprint density at radius 2 is 1.30 bits per heavy atom. The average Bonchev–Trinajstić information content (AvgIpc) is 3.00. The third kappa shape index (κ3) is 12.8. The molecule has 2 aliphatic rings. The van der Waals surface area contributed by atoms with Gasteiger partial charge in [-0.05, 0) is 54.0 Å². The van der Waals surface area contributed by atoms with Crippen LogP contribution in [0.3, 0.4) is 0 Å². The Labute approximate surface area is 255 Å². The molecule has 4 rings (SSSR count). The van der Waals surface area contributed by atoms with E-state index < -0.39 is 5.97 Å². The molecule has 1 unspecified atom stereocenters. The highest BCUT2D eigenvalue weighted by atomic mass is 79.9. The maximum atomic E-state index is 11.6. The number of carbonyl (C=O) groups is 2. The molecular weight excluding hydrogens is 640 g/mol. The van der Waals surface area contributed by atoms with Gasteiger partial charge in [0.05, 0.1) is 17.7 Å². The lowest BCUT2D eigenvalue weighted by atomic mass is 10.2. The second kappa shape index (κ2) is 19.6. The van der Waals surface area contributed by atoms with Crippen LogP contribution in [0.2, 0.25) is 0 Å².